The molecule has 0 spiro atoms. The Morgan fingerprint density at radius 2 is 1.79 bits per heavy atom. The monoisotopic (exact) mass is 409 g/mol. The second-order valence-corrected chi connectivity index (χ2v) is 8.44. The molecule has 2 amide bonds. The second-order valence-electron chi connectivity index (χ2n) is 7.33. The number of nitrogens with one attached hydrogen (secondary N) is 2. The smallest absolute Gasteiger partial charge is 0.341 e. The summed E-state index contributed by atoms with van der Waals surface area (Å²) >= 11 is 1.47. The van der Waals surface area contributed by atoms with Gasteiger partial charge in [-0.15, -0.1) is 11.3 Å². The van der Waals surface area contributed by atoms with Crippen LogP contribution < -0.4 is 10.6 Å². The van der Waals surface area contributed by atoms with E-state index in [4.69, 9.17) is 4.74 Å². The maximum atomic E-state index is 12.6. The van der Waals surface area contributed by atoms with E-state index in [0.717, 1.165) is 42.5 Å². The Kier molecular flexibility index (Phi) is 8.44. The van der Waals surface area contributed by atoms with Crippen LogP contribution in [0, 0.1) is 0 Å². The average Bonchev–Trinajstić information content (AvgIpc) is 2.80. The Morgan fingerprint density at radius 1 is 1.11 bits per heavy atom. The Balaban J connectivity index is 2.10. The molecular weight excluding hydrogens is 378 g/mol. The van der Waals surface area contributed by atoms with E-state index in [1.807, 2.05) is 20.8 Å². The molecule has 0 atom stereocenters. The lowest BCUT2D eigenvalue weighted by Gasteiger charge is -2.20. The fourth-order valence-electron chi connectivity index (χ4n) is 3.37. The Morgan fingerprint density at radius 3 is 2.43 bits per heavy atom. The first-order chi connectivity index (χ1) is 13.3. The van der Waals surface area contributed by atoms with Gasteiger partial charge in [0.1, 0.15) is 5.00 Å². The molecule has 7 nitrogen and oxygen atoms in total. The lowest BCUT2D eigenvalue weighted by atomic mass is 10.1. The van der Waals surface area contributed by atoms with Crippen molar-refractivity contribution in [2.75, 3.05) is 32.1 Å². The van der Waals surface area contributed by atoms with Gasteiger partial charge in [-0.05, 0) is 51.6 Å². The van der Waals surface area contributed by atoms with Crippen molar-refractivity contribution in [1.29, 1.82) is 0 Å². The van der Waals surface area contributed by atoms with E-state index in [-0.39, 0.29) is 30.9 Å². The first-order valence-corrected chi connectivity index (χ1v) is 10.7. The third-order valence-corrected chi connectivity index (χ3v) is 5.90. The lowest BCUT2D eigenvalue weighted by Crippen LogP contribution is -2.42. The van der Waals surface area contributed by atoms with E-state index in [9.17, 15) is 14.4 Å². The van der Waals surface area contributed by atoms with E-state index in [0.29, 0.717) is 17.1 Å². The van der Waals surface area contributed by atoms with Crippen LogP contribution in [0.3, 0.4) is 0 Å². The van der Waals surface area contributed by atoms with E-state index in [1.165, 1.54) is 18.4 Å². The molecule has 28 heavy (non-hydrogen) atoms. The Labute approximate surface area is 170 Å². The molecule has 1 heterocycles. The normalized spacial score (nSPS) is 13.8. The molecule has 0 bridgehead atoms. The summed E-state index contributed by atoms with van der Waals surface area (Å²) in [4.78, 5) is 39.9. The summed E-state index contributed by atoms with van der Waals surface area (Å²) in [5.41, 5.74) is 1.52. The van der Waals surface area contributed by atoms with Gasteiger partial charge < -0.3 is 15.4 Å². The number of thiophene rings is 1. The maximum absolute atomic E-state index is 12.6. The quantitative estimate of drug-likeness (QED) is 0.509. The number of nitrogens with zero attached hydrogens (tertiary/aromatic N) is 1. The maximum Gasteiger partial charge on any atom is 0.341 e. The van der Waals surface area contributed by atoms with Gasteiger partial charge in [0, 0.05) is 10.9 Å². The number of rotatable bonds is 8. The average molecular weight is 410 g/mol. The van der Waals surface area contributed by atoms with Gasteiger partial charge in [-0.2, -0.15) is 0 Å². The minimum absolute atomic E-state index is 0.0594. The predicted molar refractivity (Wildman–Crippen MR) is 111 cm³/mol. The van der Waals surface area contributed by atoms with E-state index in [2.05, 4.69) is 10.6 Å². The van der Waals surface area contributed by atoms with Gasteiger partial charge in [0.05, 0.1) is 25.8 Å². The third-order valence-electron chi connectivity index (χ3n) is 4.70. The topological polar surface area (TPSA) is 87.7 Å². The van der Waals surface area contributed by atoms with Crippen molar-refractivity contribution >= 4 is 34.1 Å². The first-order valence-electron chi connectivity index (χ1n) is 9.90. The number of anilines is 1. The SMILES string of the molecule is CCN(CC(=O)Nc1sc2c(c1C(=O)OC)CCCCC2)CC(=O)NC(C)C. The highest BCUT2D eigenvalue weighted by Gasteiger charge is 2.26. The number of methoxy groups -OCH3 is 1. The molecule has 1 aromatic rings. The molecular formula is C20H31N3O4S. The van der Waals surface area contributed by atoms with Crippen LogP contribution >= 0.6 is 11.3 Å². The molecule has 0 aliphatic heterocycles. The fraction of sp³-hybridized carbons (Fsp3) is 0.650. The molecule has 1 aliphatic rings. The number of hydrogen-bond donors (Lipinski definition) is 2. The predicted octanol–water partition coefficient (Wildman–Crippen LogP) is 2.59. The van der Waals surface area contributed by atoms with E-state index < -0.39 is 5.97 Å². The zero-order valence-electron chi connectivity index (χ0n) is 17.2. The summed E-state index contributed by atoms with van der Waals surface area (Å²) < 4.78 is 4.97. The molecule has 0 fully saturated rings. The molecule has 0 aromatic carbocycles. The van der Waals surface area contributed by atoms with Crippen molar-refractivity contribution < 1.29 is 19.1 Å². The largest absolute Gasteiger partial charge is 0.465 e. The molecule has 0 radical (unpaired) electrons. The number of likely N-dealkylation sites (N-methyl/N-ethyl adjacent to an activating group) is 1. The second kappa shape index (κ2) is 10.6. The number of esters is 1. The van der Waals surface area contributed by atoms with Gasteiger partial charge in [-0.25, -0.2) is 4.79 Å². The Hall–Kier alpha value is -1.93. The number of aryl methyl sites for hydroxylation is 1. The highest BCUT2D eigenvalue weighted by atomic mass is 32.1. The Bertz CT molecular complexity index is 715. The highest BCUT2D eigenvalue weighted by molar-refractivity contribution is 7.17. The minimum Gasteiger partial charge on any atom is -0.465 e. The summed E-state index contributed by atoms with van der Waals surface area (Å²) in [7, 11) is 1.36. The summed E-state index contributed by atoms with van der Waals surface area (Å²) in [6, 6.07) is 0.0594. The standard InChI is InChI=1S/C20H31N3O4S/c1-5-23(11-16(24)21-13(2)3)12-17(25)22-19-18(20(26)27-4)14-9-7-6-8-10-15(14)28-19/h13H,5-12H2,1-4H3,(H,21,24)(H,22,25). The number of carbonyl (C=O) groups excluding carboxylic acids is 3. The van der Waals surface area contributed by atoms with E-state index in [1.54, 1.807) is 4.90 Å². The number of amides is 2. The van der Waals surface area contributed by atoms with Crippen LogP contribution in [0.25, 0.3) is 0 Å². The van der Waals surface area contributed by atoms with Crippen LogP contribution in [0.2, 0.25) is 0 Å². The van der Waals surface area contributed by atoms with Crippen LogP contribution in [0.1, 0.15) is 60.8 Å². The van der Waals surface area contributed by atoms with Crippen LogP contribution in [-0.4, -0.2) is 55.5 Å². The zero-order valence-corrected chi connectivity index (χ0v) is 18.0. The van der Waals surface area contributed by atoms with Crippen molar-refractivity contribution in [2.45, 2.75) is 58.9 Å². The van der Waals surface area contributed by atoms with Gasteiger partial charge in [-0.3, -0.25) is 14.5 Å². The summed E-state index contributed by atoms with van der Waals surface area (Å²) in [5.74, 6) is -0.748. The van der Waals surface area contributed by atoms with Crippen LogP contribution in [0.5, 0.6) is 0 Å². The van der Waals surface area contributed by atoms with Crippen LogP contribution in [-0.2, 0) is 27.2 Å². The van der Waals surface area contributed by atoms with Crippen molar-refractivity contribution in [1.82, 2.24) is 10.2 Å². The summed E-state index contributed by atoms with van der Waals surface area (Å²) in [6.45, 7) is 6.52. The minimum atomic E-state index is -0.404. The van der Waals surface area contributed by atoms with Crippen LogP contribution in [0.15, 0.2) is 0 Å². The van der Waals surface area contributed by atoms with Crippen molar-refractivity contribution in [3.63, 3.8) is 0 Å². The molecule has 0 saturated carbocycles. The molecule has 1 aliphatic carbocycles. The van der Waals surface area contributed by atoms with Gasteiger partial charge in [-0.1, -0.05) is 13.3 Å². The summed E-state index contributed by atoms with van der Waals surface area (Å²) in [6.07, 6.45) is 5.04. The number of hydrogen-bond acceptors (Lipinski definition) is 6. The third kappa shape index (κ3) is 6.04. The zero-order chi connectivity index (χ0) is 20.7. The van der Waals surface area contributed by atoms with Gasteiger partial charge in [0.25, 0.3) is 0 Å². The number of ether oxygens (including phenoxy) is 1. The summed E-state index contributed by atoms with van der Waals surface area (Å²) in [5, 5.41) is 6.28. The van der Waals surface area contributed by atoms with E-state index >= 15 is 0 Å². The lowest BCUT2D eigenvalue weighted by molar-refractivity contribution is -0.123. The molecule has 2 rings (SSSR count). The fourth-order valence-corrected chi connectivity index (χ4v) is 4.66. The van der Waals surface area contributed by atoms with Gasteiger partial charge >= 0.3 is 5.97 Å². The molecule has 0 unspecified atom stereocenters. The van der Waals surface area contributed by atoms with Crippen molar-refractivity contribution in [2.24, 2.45) is 0 Å². The molecule has 2 N–H and O–H groups in total. The number of fused-ring (bicyclic) bond motifs is 1. The van der Waals surface area contributed by atoms with Gasteiger partial charge in [0.2, 0.25) is 11.8 Å². The number of carbonyl (C=O) groups is 3. The van der Waals surface area contributed by atoms with Gasteiger partial charge in [0.15, 0.2) is 0 Å². The highest BCUT2D eigenvalue weighted by Crippen LogP contribution is 2.37. The molecule has 1 aromatic heterocycles. The molecule has 8 heteroatoms. The molecule has 156 valence electrons. The first kappa shape index (κ1) is 22.4. The van der Waals surface area contributed by atoms with Crippen molar-refractivity contribution in [3.05, 3.63) is 16.0 Å². The molecule has 0 saturated heterocycles. The van der Waals surface area contributed by atoms with Crippen molar-refractivity contribution in [3.8, 4) is 0 Å². The van der Waals surface area contributed by atoms with Crippen LogP contribution in [0.4, 0.5) is 5.00 Å².